The number of hydrogen-bond acceptors (Lipinski definition) is 4. The van der Waals surface area contributed by atoms with Crippen LogP contribution in [0.15, 0.2) is 0 Å². The van der Waals surface area contributed by atoms with Crippen LogP contribution < -0.4 is 5.32 Å². The summed E-state index contributed by atoms with van der Waals surface area (Å²) in [7, 11) is 1.99. The van der Waals surface area contributed by atoms with Crippen molar-refractivity contribution < 1.29 is 0 Å². The van der Waals surface area contributed by atoms with Crippen molar-refractivity contribution in [2.75, 3.05) is 11.9 Å². The first-order valence-electron chi connectivity index (χ1n) is 6.25. The normalized spacial score (nSPS) is 18.6. The van der Waals surface area contributed by atoms with E-state index in [1.807, 2.05) is 23.3 Å². The maximum absolute atomic E-state index is 4.51. The van der Waals surface area contributed by atoms with E-state index >= 15 is 0 Å². The Morgan fingerprint density at radius 3 is 2.67 bits per heavy atom. The lowest BCUT2D eigenvalue weighted by Crippen LogP contribution is -2.25. The highest BCUT2D eigenvalue weighted by atomic mass is 15.4. The zero-order valence-electron chi connectivity index (χ0n) is 11.2. The number of anilines is 1. The van der Waals surface area contributed by atoms with Crippen LogP contribution in [0.25, 0.3) is 0 Å². The van der Waals surface area contributed by atoms with Crippen molar-refractivity contribution in [2.45, 2.75) is 33.2 Å². The Labute approximate surface area is 106 Å². The number of nitrogens with one attached hydrogen (secondary N) is 1. The number of rotatable bonds is 1. The topological polar surface area (TPSA) is 60.6 Å². The lowest BCUT2D eigenvalue weighted by Gasteiger charge is -2.24. The molecule has 1 atom stereocenters. The lowest BCUT2D eigenvalue weighted by atomic mass is 10.0. The van der Waals surface area contributed by atoms with Gasteiger partial charge in [-0.05, 0) is 27.2 Å². The van der Waals surface area contributed by atoms with Gasteiger partial charge in [-0.15, -0.1) is 0 Å². The number of nitrogens with zero attached hydrogens (tertiary/aromatic N) is 5. The average Bonchev–Trinajstić information content (AvgIpc) is 2.80. The first-order chi connectivity index (χ1) is 8.58. The van der Waals surface area contributed by atoms with Crippen molar-refractivity contribution in [1.29, 1.82) is 0 Å². The van der Waals surface area contributed by atoms with Crippen molar-refractivity contribution >= 4 is 5.95 Å². The van der Waals surface area contributed by atoms with E-state index < -0.39 is 0 Å². The SMILES string of the molecule is Cc1nc2n(n1)C(c1c(C)nn(C)c1C)CCN2. The predicted octanol–water partition coefficient (Wildman–Crippen LogP) is 1.34. The van der Waals surface area contributed by atoms with Gasteiger partial charge >= 0.3 is 0 Å². The van der Waals surface area contributed by atoms with Crippen molar-refractivity contribution in [3.8, 4) is 0 Å². The molecule has 1 unspecified atom stereocenters. The summed E-state index contributed by atoms with van der Waals surface area (Å²) >= 11 is 0. The molecular formula is C12H18N6. The van der Waals surface area contributed by atoms with Crippen LogP contribution in [0.2, 0.25) is 0 Å². The van der Waals surface area contributed by atoms with Gasteiger partial charge in [0.25, 0.3) is 0 Å². The van der Waals surface area contributed by atoms with Gasteiger partial charge in [0.2, 0.25) is 5.95 Å². The summed E-state index contributed by atoms with van der Waals surface area (Å²) in [5.41, 5.74) is 3.57. The summed E-state index contributed by atoms with van der Waals surface area (Å²) in [6.45, 7) is 7.03. The second-order valence-electron chi connectivity index (χ2n) is 4.87. The molecule has 18 heavy (non-hydrogen) atoms. The first-order valence-corrected chi connectivity index (χ1v) is 6.25. The Kier molecular flexibility index (Phi) is 2.39. The molecule has 2 aromatic heterocycles. The van der Waals surface area contributed by atoms with Crippen LogP contribution in [0.4, 0.5) is 5.95 Å². The van der Waals surface area contributed by atoms with Gasteiger partial charge in [0.15, 0.2) is 0 Å². The molecular weight excluding hydrogens is 228 g/mol. The average molecular weight is 246 g/mol. The quantitative estimate of drug-likeness (QED) is 0.825. The minimum atomic E-state index is 0.246. The molecule has 6 nitrogen and oxygen atoms in total. The minimum Gasteiger partial charge on any atom is -0.354 e. The van der Waals surface area contributed by atoms with E-state index in [0.29, 0.717) is 0 Å². The van der Waals surface area contributed by atoms with E-state index in [0.717, 1.165) is 30.4 Å². The molecule has 0 bridgehead atoms. The highest BCUT2D eigenvalue weighted by Gasteiger charge is 2.28. The summed E-state index contributed by atoms with van der Waals surface area (Å²) in [5.74, 6) is 1.68. The van der Waals surface area contributed by atoms with Gasteiger partial charge in [-0.1, -0.05) is 0 Å². The Bertz CT molecular complexity index is 594. The maximum Gasteiger partial charge on any atom is 0.221 e. The summed E-state index contributed by atoms with van der Waals surface area (Å²) in [6.07, 6.45) is 1.02. The third-order valence-electron chi connectivity index (χ3n) is 3.63. The van der Waals surface area contributed by atoms with Gasteiger partial charge in [0.1, 0.15) is 5.82 Å². The number of hydrogen-bond donors (Lipinski definition) is 1. The van der Waals surface area contributed by atoms with Gasteiger partial charge in [-0.2, -0.15) is 15.2 Å². The van der Waals surface area contributed by atoms with E-state index in [9.17, 15) is 0 Å². The highest BCUT2D eigenvalue weighted by Crippen LogP contribution is 2.31. The van der Waals surface area contributed by atoms with Gasteiger partial charge < -0.3 is 5.32 Å². The number of fused-ring (bicyclic) bond motifs is 1. The molecule has 0 fully saturated rings. The van der Waals surface area contributed by atoms with Crippen molar-refractivity contribution in [3.05, 3.63) is 22.8 Å². The van der Waals surface area contributed by atoms with Crippen LogP contribution in [0.1, 0.15) is 35.2 Å². The molecule has 0 spiro atoms. The molecule has 0 saturated heterocycles. The minimum absolute atomic E-state index is 0.246. The van der Waals surface area contributed by atoms with Gasteiger partial charge in [0.05, 0.1) is 11.7 Å². The van der Waals surface area contributed by atoms with E-state index in [2.05, 4.69) is 34.3 Å². The third-order valence-corrected chi connectivity index (χ3v) is 3.63. The second kappa shape index (κ2) is 3.83. The van der Waals surface area contributed by atoms with Crippen LogP contribution >= 0.6 is 0 Å². The molecule has 2 aromatic rings. The van der Waals surface area contributed by atoms with E-state index in [1.54, 1.807) is 0 Å². The van der Waals surface area contributed by atoms with Crippen molar-refractivity contribution in [3.63, 3.8) is 0 Å². The fraction of sp³-hybridized carbons (Fsp3) is 0.583. The molecule has 3 heterocycles. The molecule has 0 saturated carbocycles. The van der Waals surface area contributed by atoms with E-state index in [4.69, 9.17) is 0 Å². The van der Waals surface area contributed by atoms with E-state index in [-0.39, 0.29) is 6.04 Å². The van der Waals surface area contributed by atoms with Gasteiger partial charge in [0, 0.05) is 24.8 Å². The molecule has 6 heteroatoms. The molecule has 1 aliphatic rings. The van der Waals surface area contributed by atoms with Crippen molar-refractivity contribution in [2.24, 2.45) is 7.05 Å². The maximum atomic E-state index is 4.51. The largest absolute Gasteiger partial charge is 0.354 e. The lowest BCUT2D eigenvalue weighted by molar-refractivity contribution is 0.474. The molecule has 0 radical (unpaired) electrons. The van der Waals surface area contributed by atoms with Crippen LogP contribution in [0.5, 0.6) is 0 Å². The molecule has 0 amide bonds. The molecule has 0 aromatic carbocycles. The summed E-state index contributed by atoms with van der Waals surface area (Å²) in [6, 6.07) is 0.246. The standard InChI is InChI=1S/C12H18N6/c1-7-11(8(2)17(4)15-7)10-5-6-13-12-14-9(3)16-18(10)12/h10H,5-6H2,1-4H3,(H,13,14,16). The van der Waals surface area contributed by atoms with Crippen LogP contribution in [-0.4, -0.2) is 31.1 Å². The predicted molar refractivity (Wildman–Crippen MR) is 68.7 cm³/mol. The van der Waals surface area contributed by atoms with Crippen LogP contribution in [0.3, 0.4) is 0 Å². The van der Waals surface area contributed by atoms with Gasteiger partial charge in [-0.25, -0.2) is 4.68 Å². The Morgan fingerprint density at radius 1 is 1.22 bits per heavy atom. The fourth-order valence-corrected chi connectivity index (χ4v) is 2.75. The molecule has 1 N–H and O–H groups in total. The molecule has 3 rings (SSSR count). The van der Waals surface area contributed by atoms with Crippen molar-refractivity contribution in [1.82, 2.24) is 24.5 Å². The molecule has 1 aliphatic heterocycles. The first kappa shape index (κ1) is 11.3. The Morgan fingerprint density at radius 2 is 2.00 bits per heavy atom. The third kappa shape index (κ3) is 1.52. The smallest absolute Gasteiger partial charge is 0.221 e. The highest BCUT2D eigenvalue weighted by molar-refractivity contribution is 5.36. The Hall–Kier alpha value is -1.85. The molecule has 96 valence electrons. The van der Waals surface area contributed by atoms with E-state index in [1.165, 1.54) is 11.3 Å². The fourth-order valence-electron chi connectivity index (χ4n) is 2.75. The Balaban J connectivity index is 2.13. The summed E-state index contributed by atoms with van der Waals surface area (Å²) in [5, 5.41) is 12.3. The number of aromatic nitrogens is 5. The zero-order chi connectivity index (χ0) is 12.9. The van der Waals surface area contributed by atoms with Gasteiger partial charge in [-0.3, -0.25) is 4.68 Å². The van der Waals surface area contributed by atoms with Crippen LogP contribution in [-0.2, 0) is 7.05 Å². The second-order valence-corrected chi connectivity index (χ2v) is 4.87. The summed E-state index contributed by atoms with van der Waals surface area (Å²) in [4.78, 5) is 4.41. The summed E-state index contributed by atoms with van der Waals surface area (Å²) < 4.78 is 3.94. The zero-order valence-corrected chi connectivity index (χ0v) is 11.2. The van der Waals surface area contributed by atoms with Crippen LogP contribution in [0, 0.1) is 20.8 Å². The monoisotopic (exact) mass is 246 g/mol. The number of aryl methyl sites for hydroxylation is 3. The molecule has 0 aliphatic carbocycles.